The van der Waals surface area contributed by atoms with Crippen LogP contribution < -0.4 is 14.8 Å². The molecule has 0 spiro atoms. The molecule has 1 aliphatic heterocycles. The van der Waals surface area contributed by atoms with Crippen molar-refractivity contribution in [2.45, 2.75) is 33.4 Å². The van der Waals surface area contributed by atoms with Crippen molar-refractivity contribution in [1.82, 2.24) is 15.2 Å². The van der Waals surface area contributed by atoms with Crippen molar-refractivity contribution in [2.24, 2.45) is 4.99 Å². The number of guanidine groups is 1. The SMILES string of the molecule is CN=C(NCc1nc(C)c(C)s1)N1CCc2cc(OC)c(OC)cc2C1.I. The predicted octanol–water partition coefficient (Wildman–Crippen LogP) is 3.53. The summed E-state index contributed by atoms with van der Waals surface area (Å²) in [6.07, 6.45) is 0.950. The van der Waals surface area contributed by atoms with Gasteiger partial charge in [0.2, 0.25) is 0 Å². The van der Waals surface area contributed by atoms with Gasteiger partial charge in [-0.25, -0.2) is 4.98 Å². The van der Waals surface area contributed by atoms with E-state index in [2.05, 4.69) is 39.2 Å². The van der Waals surface area contributed by atoms with Crippen LogP contribution in [-0.2, 0) is 19.5 Å². The number of ether oxygens (including phenoxy) is 2. The standard InChI is InChI=1S/C19H26N4O2S.HI/c1-12-13(2)26-18(22-12)10-21-19(20-3)23-7-6-14-8-16(24-4)17(25-5)9-15(14)11-23;/h8-9H,6-7,10-11H2,1-5H3,(H,20,21);1H. The molecule has 0 amide bonds. The Labute approximate surface area is 182 Å². The van der Waals surface area contributed by atoms with Crippen molar-refractivity contribution in [1.29, 1.82) is 0 Å². The molecule has 0 unspecified atom stereocenters. The highest BCUT2D eigenvalue weighted by Gasteiger charge is 2.21. The Morgan fingerprint density at radius 1 is 1.22 bits per heavy atom. The summed E-state index contributed by atoms with van der Waals surface area (Å²) in [7, 11) is 5.17. The van der Waals surface area contributed by atoms with Crippen LogP contribution >= 0.6 is 35.3 Å². The highest BCUT2D eigenvalue weighted by molar-refractivity contribution is 14.0. The summed E-state index contributed by atoms with van der Waals surface area (Å²) in [5, 5.41) is 4.53. The van der Waals surface area contributed by atoms with E-state index in [4.69, 9.17) is 9.47 Å². The summed E-state index contributed by atoms with van der Waals surface area (Å²) in [5.41, 5.74) is 3.66. The Kier molecular flexibility index (Phi) is 7.72. The van der Waals surface area contributed by atoms with Crippen molar-refractivity contribution in [2.75, 3.05) is 27.8 Å². The first-order valence-electron chi connectivity index (χ1n) is 8.68. The molecule has 1 N–H and O–H groups in total. The fourth-order valence-electron chi connectivity index (χ4n) is 3.17. The molecule has 0 atom stereocenters. The van der Waals surface area contributed by atoms with Crippen LogP contribution in [0.4, 0.5) is 0 Å². The Bertz CT molecular complexity index is 803. The van der Waals surface area contributed by atoms with Gasteiger partial charge in [0.25, 0.3) is 0 Å². The monoisotopic (exact) mass is 502 g/mol. The maximum Gasteiger partial charge on any atom is 0.194 e. The number of nitrogens with zero attached hydrogens (tertiary/aromatic N) is 3. The van der Waals surface area contributed by atoms with Gasteiger partial charge < -0.3 is 19.7 Å². The fraction of sp³-hybridized carbons (Fsp3) is 0.474. The third kappa shape index (κ3) is 4.84. The summed E-state index contributed by atoms with van der Waals surface area (Å²) >= 11 is 1.73. The van der Waals surface area contributed by atoms with Gasteiger partial charge in [-0.3, -0.25) is 4.99 Å². The highest BCUT2D eigenvalue weighted by Crippen LogP contribution is 2.33. The molecule has 0 aliphatic carbocycles. The van der Waals surface area contributed by atoms with Gasteiger partial charge >= 0.3 is 0 Å². The zero-order valence-electron chi connectivity index (χ0n) is 16.5. The first-order chi connectivity index (χ1) is 12.5. The molecule has 0 bridgehead atoms. The number of methoxy groups -OCH3 is 2. The second-order valence-corrected chi connectivity index (χ2v) is 7.59. The number of aryl methyl sites for hydroxylation is 2. The fourth-order valence-corrected chi connectivity index (χ4v) is 4.04. The summed E-state index contributed by atoms with van der Waals surface area (Å²) in [6.45, 7) is 6.56. The molecular formula is C19H27IN4O2S. The Morgan fingerprint density at radius 2 is 1.89 bits per heavy atom. The summed E-state index contributed by atoms with van der Waals surface area (Å²) in [5.74, 6) is 2.46. The average Bonchev–Trinajstić information content (AvgIpc) is 2.98. The van der Waals surface area contributed by atoms with Crippen molar-refractivity contribution in [3.63, 3.8) is 0 Å². The van der Waals surface area contributed by atoms with Crippen LogP contribution in [0.15, 0.2) is 17.1 Å². The van der Waals surface area contributed by atoms with Crippen molar-refractivity contribution >= 4 is 41.3 Å². The van der Waals surface area contributed by atoms with Crippen LogP contribution in [0.5, 0.6) is 11.5 Å². The minimum absolute atomic E-state index is 0. The van der Waals surface area contributed by atoms with Gasteiger partial charge in [0, 0.05) is 25.0 Å². The average molecular weight is 502 g/mol. The van der Waals surface area contributed by atoms with Crippen LogP contribution in [0, 0.1) is 13.8 Å². The minimum Gasteiger partial charge on any atom is -0.493 e. The normalized spacial score (nSPS) is 13.7. The number of benzene rings is 1. The first-order valence-corrected chi connectivity index (χ1v) is 9.49. The largest absolute Gasteiger partial charge is 0.493 e. The topological polar surface area (TPSA) is 59.0 Å². The molecule has 27 heavy (non-hydrogen) atoms. The minimum atomic E-state index is 0. The van der Waals surface area contributed by atoms with E-state index in [1.54, 1.807) is 25.6 Å². The maximum absolute atomic E-state index is 5.45. The molecule has 1 aromatic carbocycles. The number of hydrogen-bond donors (Lipinski definition) is 1. The number of halogens is 1. The smallest absolute Gasteiger partial charge is 0.194 e. The zero-order chi connectivity index (χ0) is 18.7. The first kappa shape index (κ1) is 21.7. The molecular weight excluding hydrogens is 475 g/mol. The van der Waals surface area contributed by atoms with E-state index in [0.717, 1.165) is 47.7 Å². The van der Waals surface area contributed by atoms with Gasteiger partial charge in [0.15, 0.2) is 17.5 Å². The molecule has 3 rings (SSSR count). The molecule has 2 heterocycles. The van der Waals surface area contributed by atoms with Crippen LogP contribution in [-0.4, -0.2) is 43.7 Å². The van der Waals surface area contributed by atoms with Crippen molar-refractivity contribution in [3.05, 3.63) is 38.8 Å². The Balaban J connectivity index is 0.00000261. The quantitative estimate of drug-likeness (QED) is 0.394. The Morgan fingerprint density at radius 3 is 2.44 bits per heavy atom. The van der Waals surface area contributed by atoms with Crippen molar-refractivity contribution < 1.29 is 9.47 Å². The zero-order valence-corrected chi connectivity index (χ0v) is 19.6. The van der Waals surface area contributed by atoms with E-state index in [1.165, 1.54) is 16.0 Å². The molecule has 148 valence electrons. The van der Waals surface area contributed by atoms with Gasteiger partial charge in [-0.15, -0.1) is 35.3 Å². The van der Waals surface area contributed by atoms with Gasteiger partial charge in [-0.2, -0.15) is 0 Å². The molecule has 2 aromatic rings. The maximum atomic E-state index is 5.45. The number of fused-ring (bicyclic) bond motifs is 1. The van der Waals surface area contributed by atoms with Crippen molar-refractivity contribution in [3.8, 4) is 11.5 Å². The van der Waals surface area contributed by atoms with Crippen LogP contribution in [0.2, 0.25) is 0 Å². The molecule has 1 aromatic heterocycles. The third-order valence-electron chi connectivity index (χ3n) is 4.70. The van der Waals surface area contributed by atoms with E-state index in [9.17, 15) is 0 Å². The summed E-state index contributed by atoms with van der Waals surface area (Å²) in [4.78, 5) is 12.6. The molecule has 1 aliphatic rings. The van der Waals surface area contributed by atoms with E-state index < -0.39 is 0 Å². The van der Waals surface area contributed by atoms with E-state index >= 15 is 0 Å². The molecule has 0 saturated carbocycles. The number of thiazole rings is 1. The lowest BCUT2D eigenvalue weighted by Crippen LogP contribution is -2.43. The summed E-state index contributed by atoms with van der Waals surface area (Å²) in [6, 6.07) is 4.16. The second-order valence-electron chi connectivity index (χ2n) is 6.30. The molecule has 8 heteroatoms. The highest BCUT2D eigenvalue weighted by atomic mass is 127. The second kappa shape index (κ2) is 9.59. The third-order valence-corrected chi connectivity index (χ3v) is 5.77. The van der Waals surface area contributed by atoms with Gasteiger partial charge in [0.1, 0.15) is 5.01 Å². The molecule has 0 saturated heterocycles. The Hall–Kier alpha value is -1.55. The molecule has 6 nitrogen and oxygen atoms in total. The number of aromatic nitrogens is 1. The number of rotatable bonds is 4. The lowest BCUT2D eigenvalue weighted by molar-refractivity contribution is 0.346. The van der Waals surface area contributed by atoms with Gasteiger partial charge in [-0.1, -0.05) is 0 Å². The number of aliphatic imine (C=N–C) groups is 1. The lowest BCUT2D eigenvalue weighted by Gasteiger charge is -2.32. The number of nitrogens with one attached hydrogen (secondary N) is 1. The summed E-state index contributed by atoms with van der Waals surface area (Å²) < 4.78 is 10.9. The van der Waals surface area contributed by atoms with E-state index in [-0.39, 0.29) is 24.0 Å². The van der Waals surface area contributed by atoms with Gasteiger partial charge in [0.05, 0.1) is 26.5 Å². The van der Waals surface area contributed by atoms with Crippen LogP contribution in [0.25, 0.3) is 0 Å². The predicted molar refractivity (Wildman–Crippen MR) is 121 cm³/mol. The van der Waals surface area contributed by atoms with Crippen LogP contribution in [0.3, 0.4) is 0 Å². The molecule has 0 fully saturated rings. The van der Waals surface area contributed by atoms with Crippen LogP contribution in [0.1, 0.15) is 26.7 Å². The number of hydrogen-bond acceptors (Lipinski definition) is 5. The van der Waals surface area contributed by atoms with E-state index in [0.29, 0.717) is 6.54 Å². The molecule has 0 radical (unpaired) electrons. The lowest BCUT2D eigenvalue weighted by atomic mass is 9.99. The van der Waals surface area contributed by atoms with E-state index in [1.807, 2.05) is 14.0 Å². The van der Waals surface area contributed by atoms with Gasteiger partial charge in [-0.05, 0) is 43.5 Å².